The number of para-hydroxylation sites is 1. The van der Waals surface area contributed by atoms with E-state index >= 15 is 0 Å². The summed E-state index contributed by atoms with van der Waals surface area (Å²) in [5, 5.41) is 3.72. The van der Waals surface area contributed by atoms with Gasteiger partial charge in [0.1, 0.15) is 6.54 Å². The van der Waals surface area contributed by atoms with E-state index in [1.54, 1.807) is 24.3 Å². The van der Waals surface area contributed by atoms with Gasteiger partial charge in [-0.25, -0.2) is 13.1 Å². The van der Waals surface area contributed by atoms with E-state index in [1.165, 1.54) is 23.1 Å². The zero-order valence-electron chi connectivity index (χ0n) is 17.7. The second-order valence-electron chi connectivity index (χ2n) is 7.37. The van der Waals surface area contributed by atoms with Crippen LogP contribution in [0.4, 0.5) is 5.69 Å². The quantitative estimate of drug-likeness (QED) is 0.564. The molecule has 0 aliphatic heterocycles. The van der Waals surface area contributed by atoms with Crippen molar-refractivity contribution in [1.29, 1.82) is 0 Å². The summed E-state index contributed by atoms with van der Waals surface area (Å²) in [5.74, 6) is -0.0898. The number of sulfone groups is 1. The molecule has 0 saturated heterocycles. The highest BCUT2D eigenvalue weighted by Crippen LogP contribution is 2.21. The molecular formula is C23H25N3O4S. The summed E-state index contributed by atoms with van der Waals surface area (Å²) in [4.78, 5) is 26.7. The van der Waals surface area contributed by atoms with E-state index in [0.29, 0.717) is 12.2 Å². The van der Waals surface area contributed by atoms with Gasteiger partial charge in [0.25, 0.3) is 5.56 Å². The van der Waals surface area contributed by atoms with Gasteiger partial charge in [0, 0.05) is 18.3 Å². The maximum absolute atomic E-state index is 13.0. The Morgan fingerprint density at radius 2 is 1.65 bits per heavy atom. The van der Waals surface area contributed by atoms with Crippen LogP contribution in [0.3, 0.4) is 0 Å². The van der Waals surface area contributed by atoms with Crippen LogP contribution in [0.5, 0.6) is 0 Å². The Morgan fingerprint density at radius 3 is 2.23 bits per heavy atom. The summed E-state index contributed by atoms with van der Waals surface area (Å²) in [6.07, 6.45) is 0. The molecule has 0 radical (unpaired) electrons. The lowest BCUT2D eigenvalue weighted by Crippen LogP contribution is -2.37. The summed E-state index contributed by atoms with van der Waals surface area (Å²) in [6, 6.07) is 17.9. The smallest absolute Gasteiger partial charge is 0.267 e. The van der Waals surface area contributed by atoms with Crippen LogP contribution in [0.2, 0.25) is 0 Å². The zero-order valence-corrected chi connectivity index (χ0v) is 18.5. The zero-order chi connectivity index (χ0) is 22.6. The van der Waals surface area contributed by atoms with Crippen LogP contribution in [-0.4, -0.2) is 30.7 Å². The van der Waals surface area contributed by atoms with Gasteiger partial charge < -0.3 is 4.90 Å². The lowest BCUT2D eigenvalue weighted by Gasteiger charge is -2.21. The number of rotatable bonds is 7. The highest BCUT2D eigenvalue weighted by molar-refractivity contribution is 7.91. The van der Waals surface area contributed by atoms with Crippen LogP contribution >= 0.6 is 0 Å². The van der Waals surface area contributed by atoms with Gasteiger partial charge in [-0.15, -0.1) is 0 Å². The maximum atomic E-state index is 13.0. The van der Waals surface area contributed by atoms with Gasteiger partial charge >= 0.3 is 0 Å². The van der Waals surface area contributed by atoms with Crippen LogP contribution in [0.25, 0.3) is 0 Å². The Hall–Kier alpha value is -3.26. The summed E-state index contributed by atoms with van der Waals surface area (Å²) in [6.45, 7) is 5.90. The fraction of sp³-hybridized carbons (Fsp3) is 0.261. The van der Waals surface area contributed by atoms with Crippen molar-refractivity contribution >= 4 is 21.4 Å². The molecule has 0 fully saturated rings. The van der Waals surface area contributed by atoms with Crippen molar-refractivity contribution in [3.63, 3.8) is 0 Å². The first-order valence-corrected chi connectivity index (χ1v) is 11.5. The number of likely N-dealkylation sites (N-methyl/N-ethyl adjacent to an activating group) is 1. The molecule has 1 aromatic heterocycles. The first kappa shape index (κ1) is 22.4. The number of hydrogen-bond donors (Lipinski definition) is 0. The molecule has 162 valence electrons. The lowest BCUT2D eigenvalue weighted by molar-refractivity contribution is -0.119. The Labute approximate surface area is 181 Å². The third-order valence-electron chi connectivity index (χ3n) is 4.94. The molecule has 0 spiro atoms. The number of nitrogens with zero attached hydrogens (tertiary/aromatic N) is 3. The van der Waals surface area contributed by atoms with Crippen molar-refractivity contribution in [3.05, 3.63) is 82.6 Å². The molecule has 8 heteroatoms. The van der Waals surface area contributed by atoms with Gasteiger partial charge in [-0.2, -0.15) is 5.10 Å². The fourth-order valence-corrected chi connectivity index (χ4v) is 4.35. The molecule has 1 amide bonds. The summed E-state index contributed by atoms with van der Waals surface area (Å²) >= 11 is 0. The predicted molar refractivity (Wildman–Crippen MR) is 119 cm³/mol. The first-order chi connectivity index (χ1) is 14.7. The SMILES string of the molecule is CCN(C(=O)Cn1nc(S(=O)(=O)c2ccc(C(C)C)cc2)ccc1=O)c1ccccc1. The van der Waals surface area contributed by atoms with Crippen molar-refractivity contribution in [2.24, 2.45) is 0 Å². The lowest BCUT2D eigenvalue weighted by atomic mass is 10.0. The summed E-state index contributed by atoms with van der Waals surface area (Å²) < 4.78 is 26.9. The normalized spacial score (nSPS) is 11.5. The Balaban J connectivity index is 1.91. The van der Waals surface area contributed by atoms with Crippen LogP contribution < -0.4 is 10.5 Å². The molecule has 3 rings (SSSR count). The minimum atomic E-state index is -3.93. The average Bonchev–Trinajstić information content (AvgIpc) is 2.76. The Kier molecular flexibility index (Phi) is 6.70. The standard InChI is InChI=1S/C23H25N3O4S/c1-4-25(19-8-6-5-7-9-19)23(28)16-26-22(27)15-14-21(24-26)31(29,30)20-12-10-18(11-13-20)17(2)3/h5-15,17H,4,16H2,1-3H3. The van der Waals surface area contributed by atoms with Crippen molar-refractivity contribution in [2.45, 2.75) is 43.2 Å². The third-order valence-corrected chi connectivity index (χ3v) is 6.61. The number of carbonyl (C=O) groups excluding carboxylic acids is 1. The average molecular weight is 440 g/mol. The molecule has 0 saturated carbocycles. The molecular weight excluding hydrogens is 414 g/mol. The maximum Gasteiger partial charge on any atom is 0.267 e. The second kappa shape index (κ2) is 9.26. The first-order valence-electron chi connectivity index (χ1n) is 10.0. The highest BCUT2D eigenvalue weighted by atomic mass is 32.2. The molecule has 0 aliphatic carbocycles. The predicted octanol–water partition coefficient (Wildman–Crippen LogP) is 3.25. The van der Waals surface area contributed by atoms with Gasteiger partial charge in [0.05, 0.1) is 4.90 Å². The minimum absolute atomic E-state index is 0.0837. The number of benzene rings is 2. The van der Waals surface area contributed by atoms with Crippen LogP contribution in [-0.2, 0) is 21.2 Å². The molecule has 3 aromatic rings. The minimum Gasteiger partial charge on any atom is -0.311 e. The molecule has 1 heterocycles. The van der Waals surface area contributed by atoms with E-state index in [4.69, 9.17) is 0 Å². The molecule has 2 aromatic carbocycles. The van der Waals surface area contributed by atoms with Crippen molar-refractivity contribution in [1.82, 2.24) is 9.78 Å². The van der Waals surface area contributed by atoms with Crippen molar-refractivity contribution in [2.75, 3.05) is 11.4 Å². The van der Waals surface area contributed by atoms with Crippen LogP contribution in [0.1, 0.15) is 32.3 Å². The topological polar surface area (TPSA) is 89.3 Å². The number of aromatic nitrogens is 2. The number of hydrogen-bond acceptors (Lipinski definition) is 5. The fourth-order valence-electron chi connectivity index (χ4n) is 3.16. The van der Waals surface area contributed by atoms with E-state index in [0.717, 1.165) is 16.3 Å². The number of carbonyl (C=O) groups is 1. The van der Waals surface area contributed by atoms with E-state index in [1.807, 2.05) is 39.0 Å². The van der Waals surface area contributed by atoms with Gasteiger partial charge in [-0.3, -0.25) is 9.59 Å². The summed E-state index contributed by atoms with van der Waals surface area (Å²) in [7, 11) is -3.93. The van der Waals surface area contributed by atoms with Crippen LogP contribution in [0, 0.1) is 0 Å². The molecule has 31 heavy (non-hydrogen) atoms. The van der Waals surface area contributed by atoms with E-state index in [2.05, 4.69) is 5.10 Å². The third kappa shape index (κ3) is 4.91. The molecule has 0 unspecified atom stereocenters. The largest absolute Gasteiger partial charge is 0.311 e. The second-order valence-corrected chi connectivity index (χ2v) is 9.26. The van der Waals surface area contributed by atoms with Gasteiger partial charge in [-0.05, 0) is 48.7 Å². The van der Waals surface area contributed by atoms with Gasteiger partial charge in [0.2, 0.25) is 15.7 Å². The molecule has 0 N–H and O–H groups in total. The molecule has 0 aliphatic rings. The van der Waals surface area contributed by atoms with Gasteiger partial charge in [-0.1, -0.05) is 44.2 Å². The summed E-state index contributed by atoms with van der Waals surface area (Å²) in [5.41, 5.74) is 1.16. The monoisotopic (exact) mass is 439 g/mol. The Morgan fingerprint density at radius 1 is 1.00 bits per heavy atom. The van der Waals surface area contributed by atoms with Gasteiger partial charge in [0.15, 0.2) is 5.03 Å². The molecule has 0 bridgehead atoms. The van der Waals surface area contributed by atoms with E-state index in [9.17, 15) is 18.0 Å². The molecule has 0 atom stereocenters. The Bertz CT molecular complexity index is 1220. The van der Waals surface area contributed by atoms with Crippen molar-refractivity contribution < 1.29 is 13.2 Å². The van der Waals surface area contributed by atoms with Crippen molar-refractivity contribution in [3.8, 4) is 0 Å². The highest BCUT2D eigenvalue weighted by Gasteiger charge is 2.22. The number of anilines is 1. The van der Waals surface area contributed by atoms with E-state index in [-0.39, 0.29) is 28.3 Å². The van der Waals surface area contributed by atoms with Crippen LogP contribution in [0.15, 0.2) is 81.4 Å². The number of amides is 1. The van der Waals surface area contributed by atoms with E-state index < -0.39 is 15.4 Å². The molecule has 7 nitrogen and oxygen atoms in total.